The van der Waals surface area contributed by atoms with Gasteiger partial charge in [-0.3, -0.25) is 0 Å². The van der Waals surface area contributed by atoms with Crippen molar-refractivity contribution in [2.24, 2.45) is 0 Å². The molecule has 2 heterocycles. The van der Waals surface area contributed by atoms with Crippen LogP contribution in [0.1, 0.15) is 0 Å². The van der Waals surface area contributed by atoms with Crippen LogP contribution in [-0.2, 0) is 13.9 Å². The van der Waals surface area contributed by atoms with Gasteiger partial charge in [0.1, 0.15) is 13.3 Å². The van der Waals surface area contributed by atoms with Crippen molar-refractivity contribution in [1.82, 2.24) is 4.90 Å². The molecule has 0 N–H and O–H groups in total. The maximum Gasteiger partial charge on any atom is 0.221 e. The number of nitrogens with zero attached hydrogens (tertiary/aromatic N) is 1. The van der Waals surface area contributed by atoms with Crippen LogP contribution < -0.4 is 0 Å². The lowest BCUT2D eigenvalue weighted by Crippen LogP contribution is -2.45. The first-order valence-electron chi connectivity index (χ1n) is 4.99. The monoisotopic (exact) mass is 247 g/mol. The Morgan fingerprint density at radius 2 is 2.33 bits per heavy atom. The average Bonchev–Trinajstić information content (AvgIpc) is 2.73. The van der Waals surface area contributed by atoms with Crippen LogP contribution in [0.25, 0.3) is 0 Å². The first-order chi connectivity index (χ1) is 7.02. The zero-order valence-corrected chi connectivity index (χ0v) is 11.2. The Labute approximate surface area is 95.7 Å². The number of ether oxygens (including phenoxy) is 2. The number of rotatable bonds is 3. The molecule has 1 spiro atoms. The Morgan fingerprint density at radius 3 is 2.93 bits per heavy atom. The van der Waals surface area contributed by atoms with E-state index in [1.54, 1.807) is 11.8 Å². The van der Waals surface area contributed by atoms with Crippen molar-refractivity contribution in [2.45, 2.75) is 24.7 Å². The molecule has 1 unspecified atom stereocenters. The third-order valence-electron chi connectivity index (χ3n) is 2.22. The molecule has 2 rings (SSSR count). The quantitative estimate of drug-likeness (QED) is 0.712. The van der Waals surface area contributed by atoms with Crippen molar-refractivity contribution in [3.05, 3.63) is 11.6 Å². The van der Waals surface area contributed by atoms with Crippen molar-refractivity contribution >= 4 is 20.1 Å². The molecule has 0 aromatic carbocycles. The molecule has 15 heavy (non-hydrogen) atoms. The predicted molar refractivity (Wildman–Crippen MR) is 62.5 cm³/mol. The third-order valence-corrected chi connectivity index (χ3v) is 4.31. The van der Waals surface area contributed by atoms with Gasteiger partial charge >= 0.3 is 0 Å². The van der Waals surface area contributed by atoms with E-state index in [-0.39, 0.29) is 5.06 Å². The molecule has 2 aliphatic heterocycles. The Hall–Kier alpha value is -0.0131. The largest absolute Gasteiger partial charge is 0.400 e. The van der Waals surface area contributed by atoms with Crippen LogP contribution in [0, 0.1) is 0 Å². The van der Waals surface area contributed by atoms with Crippen LogP contribution in [0.5, 0.6) is 0 Å². The Bertz CT molecular complexity index is 261. The van der Waals surface area contributed by atoms with Gasteiger partial charge in [-0.15, -0.1) is 0 Å². The van der Waals surface area contributed by atoms with Crippen LogP contribution in [0.4, 0.5) is 0 Å². The summed E-state index contributed by atoms with van der Waals surface area (Å²) in [7, 11) is -1.47. The van der Waals surface area contributed by atoms with Gasteiger partial charge in [-0.25, -0.2) is 0 Å². The highest BCUT2D eigenvalue weighted by Gasteiger charge is 2.44. The fourth-order valence-electron chi connectivity index (χ4n) is 1.38. The summed E-state index contributed by atoms with van der Waals surface area (Å²) < 4.78 is 16.8. The van der Waals surface area contributed by atoms with Gasteiger partial charge in [0.2, 0.25) is 5.06 Å². The molecule has 0 amide bonds. The van der Waals surface area contributed by atoms with Crippen LogP contribution in [0.15, 0.2) is 11.6 Å². The zero-order valence-electron chi connectivity index (χ0n) is 9.36. The molecule has 0 aromatic heterocycles. The summed E-state index contributed by atoms with van der Waals surface area (Å²) in [6.07, 6.45) is 2.01. The summed E-state index contributed by atoms with van der Waals surface area (Å²) in [5.41, 5.74) is 0. The first kappa shape index (κ1) is 11.5. The smallest absolute Gasteiger partial charge is 0.221 e. The highest BCUT2D eigenvalue weighted by atomic mass is 32.2. The van der Waals surface area contributed by atoms with Crippen molar-refractivity contribution in [3.63, 3.8) is 0 Å². The molecule has 0 aliphatic carbocycles. The van der Waals surface area contributed by atoms with Crippen molar-refractivity contribution in [1.29, 1.82) is 0 Å². The highest BCUT2D eigenvalue weighted by Crippen LogP contribution is 2.40. The fraction of sp³-hybridized carbons (Fsp3) is 0.778. The summed E-state index contributed by atoms with van der Waals surface area (Å²) in [5.74, 6) is 0. The van der Waals surface area contributed by atoms with Gasteiger partial charge in [0.05, 0.1) is 0 Å². The lowest BCUT2D eigenvalue weighted by molar-refractivity contribution is -0.0501. The van der Waals surface area contributed by atoms with Crippen molar-refractivity contribution in [3.8, 4) is 0 Å². The number of thioether (sulfide) groups is 1. The molecule has 1 atom stereocenters. The van der Waals surface area contributed by atoms with E-state index >= 15 is 0 Å². The Morgan fingerprint density at radius 1 is 1.53 bits per heavy atom. The summed E-state index contributed by atoms with van der Waals surface area (Å²) in [6.45, 7) is 8.09. The van der Waals surface area contributed by atoms with Crippen LogP contribution in [-0.4, -0.2) is 38.4 Å². The molecular weight excluding hydrogens is 230 g/mol. The van der Waals surface area contributed by atoms with E-state index in [9.17, 15) is 0 Å². The van der Waals surface area contributed by atoms with Gasteiger partial charge < -0.3 is 18.8 Å². The van der Waals surface area contributed by atoms with Gasteiger partial charge in [0.15, 0.2) is 15.1 Å². The van der Waals surface area contributed by atoms with E-state index in [2.05, 4.69) is 24.5 Å². The fourth-order valence-corrected chi connectivity index (χ4v) is 2.84. The molecule has 0 bridgehead atoms. The second-order valence-electron chi connectivity index (χ2n) is 4.58. The van der Waals surface area contributed by atoms with E-state index in [0.29, 0.717) is 20.1 Å². The number of hydrogen-bond donors (Lipinski definition) is 0. The average molecular weight is 247 g/mol. The van der Waals surface area contributed by atoms with Crippen LogP contribution in [0.2, 0.25) is 19.6 Å². The molecule has 0 aromatic rings. The SMILES string of the molecule is C[Si](C)(C)OCN1C=CSC12COCO2. The minimum atomic E-state index is -1.47. The van der Waals surface area contributed by atoms with Gasteiger partial charge in [0.25, 0.3) is 0 Å². The summed E-state index contributed by atoms with van der Waals surface area (Å²) >= 11 is 1.64. The van der Waals surface area contributed by atoms with E-state index in [1.165, 1.54) is 0 Å². The summed E-state index contributed by atoms with van der Waals surface area (Å²) in [4.78, 5) is 2.07. The normalized spacial score (nSPS) is 30.7. The molecule has 86 valence electrons. The number of hydrogen-bond acceptors (Lipinski definition) is 5. The molecule has 6 heteroatoms. The van der Waals surface area contributed by atoms with Crippen LogP contribution in [0.3, 0.4) is 0 Å². The third kappa shape index (κ3) is 2.57. The molecule has 4 nitrogen and oxygen atoms in total. The second-order valence-corrected chi connectivity index (χ2v) is 10.2. The molecule has 2 aliphatic rings. The Kier molecular flexibility index (Phi) is 3.14. The Balaban J connectivity index is 1.93. The maximum atomic E-state index is 5.86. The maximum absolute atomic E-state index is 5.86. The highest BCUT2D eigenvalue weighted by molar-refractivity contribution is 8.03. The molecule has 1 saturated heterocycles. The molecule has 1 fully saturated rings. The zero-order chi connectivity index (χ0) is 10.9. The minimum absolute atomic E-state index is 0.361. The van der Waals surface area contributed by atoms with E-state index in [4.69, 9.17) is 13.9 Å². The van der Waals surface area contributed by atoms with E-state index in [1.807, 2.05) is 11.6 Å². The van der Waals surface area contributed by atoms with Crippen molar-refractivity contribution < 1.29 is 13.9 Å². The van der Waals surface area contributed by atoms with Gasteiger partial charge in [0, 0.05) is 6.20 Å². The molecule has 0 saturated carbocycles. The van der Waals surface area contributed by atoms with Crippen molar-refractivity contribution in [2.75, 3.05) is 20.1 Å². The lowest BCUT2D eigenvalue weighted by atomic mass is 10.5. The van der Waals surface area contributed by atoms with Gasteiger partial charge in [-0.1, -0.05) is 11.8 Å². The van der Waals surface area contributed by atoms with E-state index in [0.717, 1.165) is 0 Å². The van der Waals surface area contributed by atoms with Crippen LogP contribution >= 0.6 is 11.8 Å². The van der Waals surface area contributed by atoms with E-state index < -0.39 is 8.32 Å². The second kappa shape index (κ2) is 4.10. The molecular formula is C9H17NO3SSi. The predicted octanol–water partition coefficient (Wildman–Crippen LogP) is 1.97. The topological polar surface area (TPSA) is 30.9 Å². The van der Waals surface area contributed by atoms with Gasteiger partial charge in [-0.2, -0.15) is 0 Å². The lowest BCUT2D eigenvalue weighted by Gasteiger charge is -2.34. The minimum Gasteiger partial charge on any atom is -0.400 e. The standard InChI is InChI=1S/C9H17NO3SSi/c1-15(2,3)13-7-10-4-5-14-9(10)6-11-8-12-9/h4-5H,6-8H2,1-3H3. The van der Waals surface area contributed by atoms with Gasteiger partial charge in [-0.05, 0) is 25.0 Å². The summed E-state index contributed by atoms with van der Waals surface area (Å²) in [5, 5.41) is 1.67. The first-order valence-corrected chi connectivity index (χ1v) is 9.28. The molecule has 0 radical (unpaired) electrons. The summed E-state index contributed by atoms with van der Waals surface area (Å²) in [6, 6.07) is 0.